The summed E-state index contributed by atoms with van der Waals surface area (Å²) >= 11 is 0. The molecule has 0 radical (unpaired) electrons. The van der Waals surface area contributed by atoms with E-state index in [-0.39, 0.29) is 0 Å². The number of rotatable bonds is 9. The molecule has 2 nitrogen and oxygen atoms in total. The van der Waals surface area contributed by atoms with Gasteiger partial charge in [0.1, 0.15) is 0 Å². The molecule has 32 heavy (non-hydrogen) atoms. The Morgan fingerprint density at radius 2 is 1.25 bits per heavy atom. The summed E-state index contributed by atoms with van der Waals surface area (Å²) in [4.78, 5) is 0. The van der Waals surface area contributed by atoms with Gasteiger partial charge in [0, 0.05) is 29.0 Å². The Bertz CT molecular complexity index is 998. The van der Waals surface area contributed by atoms with Crippen LogP contribution in [-0.2, 0) is 12.8 Å². The van der Waals surface area contributed by atoms with Crippen LogP contribution in [0.15, 0.2) is 36.4 Å². The molecule has 4 rings (SSSR count). The quantitative estimate of drug-likeness (QED) is 0.422. The van der Waals surface area contributed by atoms with E-state index in [2.05, 4.69) is 86.9 Å². The number of aryl methyl sites for hydroxylation is 2. The number of fused-ring (bicyclic) bond motifs is 2. The lowest BCUT2D eigenvalue weighted by atomic mass is 9.91. The number of anilines is 2. The average Bonchev–Trinajstić information content (AvgIpc) is 2.84. The zero-order valence-corrected chi connectivity index (χ0v) is 20.4. The van der Waals surface area contributed by atoms with Gasteiger partial charge in [-0.05, 0) is 105 Å². The number of nitrogens with one attached hydrogen (secondary N) is 2. The summed E-state index contributed by atoms with van der Waals surface area (Å²) in [5, 5.41) is 7.81. The van der Waals surface area contributed by atoms with Crippen LogP contribution in [-0.4, -0.2) is 12.1 Å². The Labute approximate surface area is 195 Å². The predicted octanol–water partition coefficient (Wildman–Crippen LogP) is 8.08. The topological polar surface area (TPSA) is 24.1 Å². The van der Waals surface area contributed by atoms with Crippen molar-refractivity contribution in [3.63, 3.8) is 0 Å². The monoisotopic (exact) mass is 428 g/mol. The summed E-state index contributed by atoms with van der Waals surface area (Å²) in [5.74, 6) is 0. The molecule has 2 N–H and O–H groups in total. The van der Waals surface area contributed by atoms with E-state index in [1.807, 2.05) is 0 Å². The fraction of sp³-hybridized carbons (Fsp3) is 0.467. The zero-order valence-electron chi connectivity index (χ0n) is 20.4. The minimum absolute atomic E-state index is 0.503. The van der Waals surface area contributed by atoms with Crippen molar-refractivity contribution in [1.29, 1.82) is 0 Å². The molecule has 2 aliphatic carbocycles. The van der Waals surface area contributed by atoms with Crippen LogP contribution in [0.25, 0.3) is 12.2 Å². The third-order valence-corrected chi connectivity index (χ3v) is 7.43. The standard InChI is InChI=1S/C30H40N2/c1-5-23(31-29-19-15-21(3)25-11-7-9-13-27(25)29)17-18-24(6-2)32-30-20-16-22(4)26-12-8-10-14-28(26)30/h7,10-11,14-16,19-20,23-24,31-32H,5-6,8-9,12-13,17-18H2,1-4H3. The maximum atomic E-state index is 3.91. The molecule has 0 saturated carbocycles. The normalized spacial score (nSPS) is 16.2. The molecule has 2 aromatic carbocycles. The van der Waals surface area contributed by atoms with Crippen LogP contribution in [0.1, 0.15) is 85.8 Å². The molecule has 0 fully saturated rings. The molecule has 170 valence electrons. The van der Waals surface area contributed by atoms with E-state index in [1.165, 1.54) is 64.0 Å². The highest BCUT2D eigenvalue weighted by Gasteiger charge is 2.18. The second-order valence-corrected chi connectivity index (χ2v) is 9.60. The highest BCUT2D eigenvalue weighted by atomic mass is 14.9. The molecule has 0 spiro atoms. The third kappa shape index (κ3) is 4.95. The Balaban J connectivity index is 1.42. The van der Waals surface area contributed by atoms with E-state index in [0.717, 1.165) is 32.1 Å². The van der Waals surface area contributed by atoms with Gasteiger partial charge in [0.15, 0.2) is 0 Å². The minimum atomic E-state index is 0.503. The zero-order chi connectivity index (χ0) is 22.5. The summed E-state index contributed by atoms with van der Waals surface area (Å²) in [7, 11) is 0. The van der Waals surface area contributed by atoms with Crippen LogP contribution >= 0.6 is 0 Å². The van der Waals surface area contributed by atoms with Gasteiger partial charge in [0.2, 0.25) is 0 Å². The SMILES string of the molecule is CCC(CCC(CC)Nc1ccc(C)c2c1CCC=C2)Nc1ccc(C)c2c1C=CCC2. The van der Waals surface area contributed by atoms with Crippen LogP contribution in [0, 0.1) is 13.8 Å². The first-order valence-corrected chi connectivity index (χ1v) is 12.7. The summed E-state index contributed by atoms with van der Waals surface area (Å²) in [6, 6.07) is 10.2. The highest BCUT2D eigenvalue weighted by molar-refractivity contribution is 5.73. The van der Waals surface area contributed by atoms with Crippen molar-refractivity contribution in [2.75, 3.05) is 10.6 Å². The van der Waals surface area contributed by atoms with E-state index < -0.39 is 0 Å². The number of benzene rings is 2. The summed E-state index contributed by atoms with van der Waals surface area (Å²) in [5.41, 5.74) is 11.4. The minimum Gasteiger partial charge on any atom is -0.382 e. The smallest absolute Gasteiger partial charge is 0.0418 e. The average molecular weight is 429 g/mol. The van der Waals surface area contributed by atoms with Crippen molar-refractivity contribution >= 4 is 23.5 Å². The van der Waals surface area contributed by atoms with E-state index in [9.17, 15) is 0 Å². The van der Waals surface area contributed by atoms with Crippen molar-refractivity contribution in [3.8, 4) is 0 Å². The molecule has 0 heterocycles. The summed E-state index contributed by atoms with van der Waals surface area (Å²) in [6.07, 6.45) is 18.6. The molecular weight excluding hydrogens is 388 g/mol. The van der Waals surface area contributed by atoms with Gasteiger partial charge < -0.3 is 10.6 Å². The van der Waals surface area contributed by atoms with Crippen LogP contribution in [0.2, 0.25) is 0 Å². The van der Waals surface area contributed by atoms with Crippen LogP contribution in [0.5, 0.6) is 0 Å². The van der Waals surface area contributed by atoms with E-state index in [4.69, 9.17) is 0 Å². The Morgan fingerprint density at radius 1 is 0.688 bits per heavy atom. The molecular formula is C30H40N2. The Morgan fingerprint density at radius 3 is 1.94 bits per heavy atom. The molecule has 2 atom stereocenters. The van der Waals surface area contributed by atoms with Crippen LogP contribution < -0.4 is 10.6 Å². The van der Waals surface area contributed by atoms with Gasteiger partial charge >= 0.3 is 0 Å². The van der Waals surface area contributed by atoms with Gasteiger partial charge in [0.05, 0.1) is 0 Å². The van der Waals surface area contributed by atoms with Gasteiger partial charge in [-0.25, -0.2) is 0 Å². The summed E-state index contributed by atoms with van der Waals surface area (Å²) in [6.45, 7) is 9.10. The molecule has 0 amide bonds. The molecule has 0 aliphatic heterocycles. The molecule has 2 aromatic rings. The fourth-order valence-corrected chi connectivity index (χ4v) is 5.30. The van der Waals surface area contributed by atoms with Gasteiger partial charge in [-0.1, -0.05) is 50.3 Å². The van der Waals surface area contributed by atoms with Crippen molar-refractivity contribution in [2.24, 2.45) is 0 Å². The molecule has 2 heteroatoms. The van der Waals surface area contributed by atoms with Gasteiger partial charge in [0.25, 0.3) is 0 Å². The lowest BCUT2D eigenvalue weighted by Crippen LogP contribution is -2.25. The van der Waals surface area contributed by atoms with E-state index in [1.54, 1.807) is 0 Å². The van der Waals surface area contributed by atoms with E-state index >= 15 is 0 Å². The first kappa shape index (κ1) is 22.7. The second kappa shape index (κ2) is 10.4. The molecule has 2 unspecified atom stereocenters. The van der Waals surface area contributed by atoms with Gasteiger partial charge in [-0.15, -0.1) is 0 Å². The molecule has 0 aromatic heterocycles. The van der Waals surface area contributed by atoms with Gasteiger partial charge in [-0.2, -0.15) is 0 Å². The highest BCUT2D eigenvalue weighted by Crippen LogP contribution is 2.32. The third-order valence-electron chi connectivity index (χ3n) is 7.43. The molecule has 0 saturated heterocycles. The largest absolute Gasteiger partial charge is 0.382 e. The summed E-state index contributed by atoms with van der Waals surface area (Å²) < 4.78 is 0. The first-order valence-electron chi connectivity index (χ1n) is 12.7. The lowest BCUT2D eigenvalue weighted by Gasteiger charge is -2.27. The van der Waals surface area contributed by atoms with E-state index in [0.29, 0.717) is 12.1 Å². The van der Waals surface area contributed by atoms with Crippen LogP contribution in [0.4, 0.5) is 11.4 Å². The van der Waals surface area contributed by atoms with Crippen molar-refractivity contribution in [1.82, 2.24) is 0 Å². The Kier molecular flexibility index (Phi) is 7.40. The maximum absolute atomic E-state index is 3.91. The first-order chi connectivity index (χ1) is 15.6. The van der Waals surface area contributed by atoms with Gasteiger partial charge in [-0.3, -0.25) is 0 Å². The van der Waals surface area contributed by atoms with Crippen molar-refractivity contribution in [2.45, 2.75) is 91.1 Å². The predicted molar refractivity (Wildman–Crippen MR) is 142 cm³/mol. The molecule has 2 aliphatic rings. The lowest BCUT2D eigenvalue weighted by molar-refractivity contribution is 0.539. The Hall–Kier alpha value is -2.48. The van der Waals surface area contributed by atoms with Crippen molar-refractivity contribution < 1.29 is 0 Å². The van der Waals surface area contributed by atoms with Crippen LogP contribution in [0.3, 0.4) is 0 Å². The number of hydrogen-bond acceptors (Lipinski definition) is 2. The number of allylic oxidation sites excluding steroid dienone is 2. The molecule has 0 bridgehead atoms. The second-order valence-electron chi connectivity index (χ2n) is 9.60. The van der Waals surface area contributed by atoms with Crippen molar-refractivity contribution in [3.05, 3.63) is 69.8 Å². The maximum Gasteiger partial charge on any atom is 0.0418 e. The number of hydrogen-bond donors (Lipinski definition) is 2. The fourth-order valence-electron chi connectivity index (χ4n) is 5.30.